The highest BCUT2D eigenvalue weighted by atomic mass is 16.5. The van der Waals surface area contributed by atoms with E-state index in [1.54, 1.807) is 17.0 Å². The van der Waals surface area contributed by atoms with E-state index in [-0.39, 0.29) is 24.5 Å². The van der Waals surface area contributed by atoms with Crippen LogP contribution in [0.15, 0.2) is 60.9 Å². The van der Waals surface area contributed by atoms with Crippen molar-refractivity contribution >= 4 is 5.91 Å². The predicted octanol–water partition coefficient (Wildman–Crippen LogP) is 0.994. The molecule has 2 aromatic carbocycles. The molecule has 1 amide bonds. The molecule has 2 atom stereocenters. The summed E-state index contributed by atoms with van der Waals surface area (Å²) in [5, 5.41) is 11.1. The Morgan fingerprint density at radius 2 is 2.00 bits per heavy atom. The number of hydrogen-bond donors (Lipinski definition) is 1. The molecule has 0 saturated carbocycles. The molecule has 0 radical (unpaired) electrons. The first-order valence-corrected chi connectivity index (χ1v) is 8.75. The second-order valence-electron chi connectivity index (χ2n) is 6.52. The van der Waals surface area contributed by atoms with E-state index < -0.39 is 0 Å². The molecule has 27 heavy (non-hydrogen) atoms. The fourth-order valence-corrected chi connectivity index (χ4v) is 3.32. The third-order valence-corrected chi connectivity index (χ3v) is 4.74. The maximum absolute atomic E-state index is 12.6. The lowest BCUT2D eigenvalue weighted by Gasteiger charge is -2.17. The molecule has 1 saturated heterocycles. The SMILES string of the molecule is N[C@H]1CN(C(=O)COc2cccc(-n3cnnn3)c2)C[C@@H]1c1ccccc1. The lowest BCUT2D eigenvalue weighted by molar-refractivity contribution is -0.132. The highest BCUT2D eigenvalue weighted by Crippen LogP contribution is 2.26. The van der Waals surface area contributed by atoms with Gasteiger partial charge >= 0.3 is 0 Å². The van der Waals surface area contributed by atoms with Gasteiger partial charge < -0.3 is 15.4 Å². The molecule has 0 spiro atoms. The van der Waals surface area contributed by atoms with Gasteiger partial charge in [-0.05, 0) is 28.1 Å². The number of ether oxygens (including phenoxy) is 1. The Labute approximate surface area is 156 Å². The summed E-state index contributed by atoms with van der Waals surface area (Å²) in [7, 11) is 0. The zero-order valence-electron chi connectivity index (χ0n) is 14.7. The van der Waals surface area contributed by atoms with Gasteiger partial charge in [-0.15, -0.1) is 5.10 Å². The van der Waals surface area contributed by atoms with E-state index in [9.17, 15) is 4.79 Å². The predicted molar refractivity (Wildman–Crippen MR) is 98.4 cm³/mol. The molecular formula is C19H20N6O2. The van der Waals surface area contributed by atoms with Gasteiger partial charge in [-0.2, -0.15) is 0 Å². The van der Waals surface area contributed by atoms with E-state index in [2.05, 4.69) is 27.7 Å². The van der Waals surface area contributed by atoms with E-state index >= 15 is 0 Å². The van der Waals surface area contributed by atoms with Gasteiger partial charge in [-0.3, -0.25) is 4.79 Å². The second-order valence-corrected chi connectivity index (χ2v) is 6.52. The van der Waals surface area contributed by atoms with Crippen molar-refractivity contribution in [2.24, 2.45) is 5.73 Å². The molecule has 0 aliphatic carbocycles. The van der Waals surface area contributed by atoms with Gasteiger partial charge in [-0.25, -0.2) is 4.68 Å². The van der Waals surface area contributed by atoms with Crippen LogP contribution in [0.1, 0.15) is 11.5 Å². The molecule has 138 valence electrons. The molecule has 2 N–H and O–H groups in total. The van der Waals surface area contributed by atoms with Crippen molar-refractivity contribution < 1.29 is 9.53 Å². The Morgan fingerprint density at radius 1 is 1.15 bits per heavy atom. The molecular weight excluding hydrogens is 344 g/mol. The van der Waals surface area contributed by atoms with Gasteiger partial charge in [0.2, 0.25) is 0 Å². The van der Waals surface area contributed by atoms with Gasteiger partial charge in [-0.1, -0.05) is 36.4 Å². The van der Waals surface area contributed by atoms with Gasteiger partial charge in [0, 0.05) is 31.1 Å². The summed E-state index contributed by atoms with van der Waals surface area (Å²) in [6.45, 7) is 1.11. The first-order valence-electron chi connectivity index (χ1n) is 8.75. The summed E-state index contributed by atoms with van der Waals surface area (Å²) in [6, 6.07) is 17.3. The Balaban J connectivity index is 1.37. The van der Waals surface area contributed by atoms with Gasteiger partial charge in [0.05, 0.1) is 5.69 Å². The van der Waals surface area contributed by atoms with Crippen molar-refractivity contribution in [1.29, 1.82) is 0 Å². The summed E-state index contributed by atoms with van der Waals surface area (Å²) < 4.78 is 7.21. The zero-order chi connectivity index (χ0) is 18.6. The van der Waals surface area contributed by atoms with Crippen LogP contribution in [0.2, 0.25) is 0 Å². The zero-order valence-corrected chi connectivity index (χ0v) is 14.7. The average molecular weight is 364 g/mol. The molecule has 1 fully saturated rings. The van der Waals surface area contributed by atoms with Crippen LogP contribution in [0, 0.1) is 0 Å². The Hall–Kier alpha value is -3.26. The molecule has 4 rings (SSSR count). The van der Waals surface area contributed by atoms with Crippen molar-refractivity contribution in [3.05, 3.63) is 66.5 Å². The number of nitrogens with zero attached hydrogens (tertiary/aromatic N) is 5. The van der Waals surface area contributed by atoms with Crippen LogP contribution >= 0.6 is 0 Å². The lowest BCUT2D eigenvalue weighted by atomic mass is 9.95. The summed E-state index contributed by atoms with van der Waals surface area (Å²) in [6.07, 6.45) is 1.50. The molecule has 2 heterocycles. The molecule has 8 heteroatoms. The number of aromatic nitrogens is 4. The molecule has 1 aliphatic heterocycles. The molecule has 0 unspecified atom stereocenters. The fourth-order valence-electron chi connectivity index (χ4n) is 3.32. The number of benzene rings is 2. The van der Waals surface area contributed by atoms with Crippen LogP contribution in [0.5, 0.6) is 5.75 Å². The van der Waals surface area contributed by atoms with E-state index in [0.29, 0.717) is 18.8 Å². The van der Waals surface area contributed by atoms with E-state index in [1.807, 2.05) is 30.3 Å². The fraction of sp³-hybridized carbons (Fsp3) is 0.263. The molecule has 1 aliphatic rings. The quantitative estimate of drug-likeness (QED) is 0.725. The minimum atomic E-state index is -0.0725. The van der Waals surface area contributed by atoms with Crippen LogP contribution in [0.4, 0.5) is 0 Å². The number of likely N-dealkylation sites (tertiary alicyclic amines) is 1. The largest absolute Gasteiger partial charge is 0.484 e. The third-order valence-electron chi connectivity index (χ3n) is 4.74. The standard InChI is InChI=1S/C19H20N6O2/c20-18-11-24(10-17(18)14-5-2-1-3-6-14)19(26)12-27-16-8-4-7-15(9-16)25-13-21-22-23-25/h1-9,13,17-18H,10-12,20H2/t17-,18+/m1/s1. The van der Waals surface area contributed by atoms with Gasteiger partial charge in [0.25, 0.3) is 5.91 Å². The number of tetrazole rings is 1. The minimum absolute atomic E-state index is 0.0344. The van der Waals surface area contributed by atoms with Crippen LogP contribution in [0.25, 0.3) is 5.69 Å². The Morgan fingerprint density at radius 3 is 2.78 bits per heavy atom. The number of nitrogens with two attached hydrogens (primary N) is 1. The van der Waals surface area contributed by atoms with Crippen LogP contribution in [0.3, 0.4) is 0 Å². The minimum Gasteiger partial charge on any atom is -0.484 e. The maximum atomic E-state index is 12.6. The Bertz CT molecular complexity index is 900. The number of amides is 1. The molecule has 8 nitrogen and oxygen atoms in total. The van der Waals surface area contributed by atoms with Crippen molar-refractivity contribution in [3.8, 4) is 11.4 Å². The van der Waals surface area contributed by atoms with Crippen molar-refractivity contribution in [1.82, 2.24) is 25.1 Å². The number of carbonyl (C=O) groups excluding carboxylic acids is 1. The lowest BCUT2D eigenvalue weighted by Crippen LogP contribution is -2.35. The van der Waals surface area contributed by atoms with Crippen molar-refractivity contribution in [2.75, 3.05) is 19.7 Å². The van der Waals surface area contributed by atoms with Gasteiger partial charge in [0.15, 0.2) is 6.61 Å². The highest BCUT2D eigenvalue weighted by molar-refractivity contribution is 5.78. The summed E-state index contributed by atoms with van der Waals surface area (Å²) in [4.78, 5) is 14.3. The third kappa shape index (κ3) is 3.80. The van der Waals surface area contributed by atoms with Crippen LogP contribution in [-0.2, 0) is 4.79 Å². The maximum Gasteiger partial charge on any atom is 0.260 e. The van der Waals surface area contributed by atoms with E-state index in [4.69, 9.17) is 10.5 Å². The van der Waals surface area contributed by atoms with Crippen LogP contribution < -0.4 is 10.5 Å². The van der Waals surface area contributed by atoms with E-state index in [1.165, 1.54) is 11.0 Å². The monoisotopic (exact) mass is 364 g/mol. The molecule has 1 aromatic heterocycles. The van der Waals surface area contributed by atoms with Crippen molar-refractivity contribution in [3.63, 3.8) is 0 Å². The number of hydrogen-bond acceptors (Lipinski definition) is 6. The first kappa shape index (κ1) is 17.2. The molecule has 0 bridgehead atoms. The number of rotatable bonds is 5. The summed E-state index contributed by atoms with van der Waals surface area (Å²) in [5.41, 5.74) is 8.19. The number of carbonyl (C=O) groups is 1. The summed E-state index contributed by atoms with van der Waals surface area (Å²) in [5.74, 6) is 0.662. The summed E-state index contributed by atoms with van der Waals surface area (Å²) >= 11 is 0. The average Bonchev–Trinajstić information content (AvgIpc) is 3.37. The normalized spacial score (nSPS) is 19.2. The highest BCUT2D eigenvalue weighted by Gasteiger charge is 2.33. The first-order chi connectivity index (χ1) is 13.2. The second kappa shape index (κ2) is 7.55. The smallest absolute Gasteiger partial charge is 0.260 e. The molecule has 3 aromatic rings. The van der Waals surface area contributed by atoms with Gasteiger partial charge in [0.1, 0.15) is 12.1 Å². The van der Waals surface area contributed by atoms with Crippen molar-refractivity contribution in [2.45, 2.75) is 12.0 Å². The van der Waals surface area contributed by atoms with E-state index in [0.717, 1.165) is 11.3 Å². The Kier molecular flexibility index (Phi) is 4.80. The van der Waals surface area contributed by atoms with Crippen LogP contribution in [-0.4, -0.2) is 56.8 Å². The topological polar surface area (TPSA) is 99.2 Å².